The van der Waals surface area contributed by atoms with Crippen LogP contribution in [0.3, 0.4) is 0 Å². The minimum Gasteiger partial charge on any atom is -0.478 e. The Balaban J connectivity index is 1.98. The Labute approximate surface area is 144 Å². The molecule has 1 aliphatic heterocycles. The third-order valence-corrected chi connectivity index (χ3v) is 4.14. The number of benzene rings is 1. The molecule has 23 heavy (non-hydrogen) atoms. The van der Waals surface area contributed by atoms with Gasteiger partial charge in [0.1, 0.15) is 5.60 Å². The van der Waals surface area contributed by atoms with Gasteiger partial charge in [0.2, 0.25) is 0 Å². The Morgan fingerprint density at radius 3 is 2.26 bits per heavy atom. The molecule has 6 nitrogen and oxygen atoms in total. The van der Waals surface area contributed by atoms with Gasteiger partial charge in [-0.05, 0) is 54.9 Å². The zero-order chi connectivity index (χ0) is 17.2. The van der Waals surface area contributed by atoms with Crippen LogP contribution in [0.4, 0.5) is 10.5 Å². The Bertz CT molecular complexity index is 605. The average Bonchev–Trinajstić information content (AvgIpc) is 2.45. The van der Waals surface area contributed by atoms with E-state index >= 15 is 0 Å². The van der Waals surface area contributed by atoms with Crippen molar-refractivity contribution in [2.45, 2.75) is 26.4 Å². The van der Waals surface area contributed by atoms with E-state index in [0.29, 0.717) is 30.7 Å². The average molecular weight is 385 g/mol. The number of carboxylic acid groups (broad SMARTS) is 1. The third kappa shape index (κ3) is 4.60. The largest absolute Gasteiger partial charge is 0.478 e. The van der Waals surface area contributed by atoms with Gasteiger partial charge in [0.05, 0.1) is 5.56 Å². The number of rotatable bonds is 2. The summed E-state index contributed by atoms with van der Waals surface area (Å²) in [5.74, 6) is -0.960. The summed E-state index contributed by atoms with van der Waals surface area (Å²) < 4.78 is 5.93. The first-order valence-electron chi connectivity index (χ1n) is 7.43. The van der Waals surface area contributed by atoms with Crippen molar-refractivity contribution in [3.63, 3.8) is 0 Å². The van der Waals surface area contributed by atoms with Gasteiger partial charge in [0.25, 0.3) is 0 Å². The summed E-state index contributed by atoms with van der Waals surface area (Å²) >= 11 is 3.29. The highest BCUT2D eigenvalue weighted by atomic mass is 79.9. The van der Waals surface area contributed by atoms with Gasteiger partial charge in [-0.15, -0.1) is 0 Å². The maximum atomic E-state index is 12.0. The molecule has 7 heteroatoms. The smallest absolute Gasteiger partial charge is 0.410 e. The molecule has 0 unspecified atom stereocenters. The molecule has 0 radical (unpaired) electrons. The lowest BCUT2D eigenvalue weighted by Gasteiger charge is -2.36. The summed E-state index contributed by atoms with van der Waals surface area (Å²) in [5.41, 5.74) is 0.679. The van der Waals surface area contributed by atoms with Crippen LogP contribution in [0.2, 0.25) is 0 Å². The molecule has 1 aromatic carbocycles. The van der Waals surface area contributed by atoms with E-state index in [1.807, 2.05) is 20.8 Å². The molecular weight excluding hydrogens is 364 g/mol. The zero-order valence-corrected chi connectivity index (χ0v) is 15.1. The van der Waals surface area contributed by atoms with Crippen molar-refractivity contribution in [3.05, 3.63) is 28.2 Å². The van der Waals surface area contributed by atoms with Crippen LogP contribution in [-0.4, -0.2) is 53.8 Å². The van der Waals surface area contributed by atoms with E-state index in [2.05, 4.69) is 20.8 Å². The van der Waals surface area contributed by atoms with Crippen molar-refractivity contribution in [2.24, 2.45) is 0 Å². The molecule has 1 amide bonds. The fourth-order valence-corrected chi connectivity index (χ4v) is 2.88. The van der Waals surface area contributed by atoms with Crippen LogP contribution >= 0.6 is 15.9 Å². The number of hydrogen-bond acceptors (Lipinski definition) is 4. The summed E-state index contributed by atoms with van der Waals surface area (Å²) in [7, 11) is 0. The van der Waals surface area contributed by atoms with Crippen LogP contribution in [0.1, 0.15) is 31.1 Å². The van der Waals surface area contributed by atoms with Gasteiger partial charge in [-0.2, -0.15) is 0 Å². The maximum absolute atomic E-state index is 12.0. The monoisotopic (exact) mass is 384 g/mol. The van der Waals surface area contributed by atoms with Gasteiger partial charge in [0.15, 0.2) is 0 Å². The van der Waals surface area contributed by atoms with Gasteiger partial charge in [-0.1, -0.05) is 0 Å². The highest BCUT2D eigenvalue weighted by molar-refractivity contribution is 9.10. The summed E-state index contributed by atoms with van der Waals surface area (Å²) in [5, 5.41) is 9.05. The second-order valence-corrected chi connectivity index (χ2v) is 7.28. The number of halogens is 1. The van der Waals surface area contributed by atoms with Crippen LogP contribution in [0.15, 0.2) is 22.7 Å². The lowest BCUT2D eigenvalue weighted by molar-refractivity contribution is 0.0240. The normalized spacial score (nSPS) is 15.5. The summed E-state index contributed by atoms with van der Waals surface area (Å²) in [6, 6.07) is 5.17. The van der Waals surface area contributed by atoms with Gasteiger partial charge >= 0.3 is 12.1 Å². The minimum absolute atomic E-state index is 0.237. The van der Waals surface area contributed by atoms with Crippen LogP contribution in [0, 0.1) is 0 Å². The molecule has 1 heterocycles. The number of nitrogens with zero attached hydrogens (tertiary/aromatic N) is 2. The van der Waals surface area contributed by atoms with Gasteiger partial charge in [-0.3, -0.25) is 0 Å². The van der Waals surface area contributed by atoms with E-state index in [0.717, 1.165) is 5.69 Å². The van der Waals surface area contributed by atoms with Crippen molar-refractivity contribution in [2.75, 3.05) is 31.1 Å². The molecule has 0 spiro atoms. The van der Waals surface area contributed by atoms with Crippen molar-refractivity contribution in [1.82, 2.24) is 4.90 Å². The topological polar surface area (TPSA) is 70.1 Å². The third-order valence-electron chi connectivity index (χ3n) is 3.48. The van der Waals surface area contributed by atoms with E-state index < -0.39 is 11.6 Å². The van der Waals surface area contributed by atoms with Gasteiger partial charge in [0, 0.05) is 36.3 Å². The molecule has 0 saturated carbocycles. The number of piperazine rings is 1. The quantitative estimate of drug-likeness (QED) is 0.847. The number of carbonyl (C=O) groups is 2. The van der Waals surface area contributed by atoms with E-state index in [1.54, 1.807) is 23.1 Å². The molecule has 0 atom stereocenters. The molecule has 2 rings (SSSR count). The molecular formula is C16H21BrN2O4. The van der Waals surface area contributed by atoms with Crippen molar-refractivity contribution >= 4 is 33.7 Å². The fraction of sp³-hybridized carbons (Fsp3) is 0.500. The number of carboxylic acids is 1. The standard InChI is InChI=1S/C16H21BrN2O4/c1-16(2,3)23-15(22)19-8-6-18(7-9-19)11-4-5-12(14(20)21)13(17)10-11/h4-5,10H,6-9H2,1-3H3,(H,20,21). The van der Waals surface area contributed by atoms with Crippen molar-refractivity contribution < 1.29 is 19.4 Å². The molecule has 1 N–H and O–H groups in total. The van der Waals surface area contributed by atoms with Gasteiger partial charge in [-0.25, -0.2) is 9.59 Å². The van der Waals surface area contributed by atoms with E-state index in [9.17, 15) is 9.59 Å². The Hall–Kier alpha value is -1.76. The fourth-order valence-electron chi connectivity index (χ4n) is 2.35. The Kier molecular flexibility index (Phi) is 5.19. The van der Waals surface area contributed by atoms with Crippen LogP contribution in [0.5, 0.6) is 0 Å². The highest BCUT2D eigenvalue weighted by Gasteiger charge is 2.26. The maximum Gasteiger partial charge on any atom is 0.410 e. The van der Waals surface area contributed by atoms with Crippen LogP contribution < -0.4 is 4.90 Å². The first kappa shape index (κ1) is 17.6. The molecule has 126 valence electrons. The number of hydrogen-bond donors (Lipinski definition) is 1. The molecule has 1 aromatic rings. The Morgan fingerprint density at radius 2 is 1.78 bits per heavy atom. The number of aromatic carboxylic acids is 1. The van der Waals surface area contributed by atoms with E-state index in [4.69, 9.17) is 9.84 Å². The number of carbonyl (C=O) groups excluding carboxylic acids is 1. The van der Waals surface area contributed by atoms with Crippen molar-refractivity contribution in [1.29, 1.82) is 0 Å². The molecule has 0 aromatic heterocycles. The molecule has 1 saturated heterocycles. The number of anilines is 1. The zero-order valence-electron chi connectivity index (χ0n) is 13.5. The van der Waals surface area contributed by atoms with Gasteiger partial charge < -0.3 is 19.6 Å². The van der Waals surface area contributed by atoms with Crippen LogP contribution in [-0.2, 0) is 4.74 Å². The molecule has 0 aliphatic carbocycles. The molecule has 1 aliphatic rings. The predicted octanol–water partition coefficient (Wildman–Crippen LogP) is 3.20. The first-order chi connectivity index (χ1) is 10.7. The summed E-state index contributed by atoms with van der Waals surface area (Å²) in [6.07, 6.45) is -0.292. The molecule has 1 fully saturated rings. The lowest BCUT2D eigenvalue weighted by atomic mass is 10.2. The number of ether oxygens (including phenoxy) is 1. The summed E-state index contributed by atoms with van der Waals surface area (Å²) in [6.45, 7) is 8.06. The predicted molar refractivity (Wildman–Crippen MR) is 91.1 cm³/mol. The first-order valence-corrected chi connectivity index (χ1v) is 8.22. The minimum atomic E-state index is -0.960. The lowest BCUT2D eigenvalue weighted by Crippen LogP contribution is -2.50. The van der Waals surface area contributed by atoms with Crippen molar-refractivity contribution in [3.8, 4) is 0 Å². The second-order valence-electron chi connectivity index (χ2n) is 6.42. The number of amides is 1. The summed E-state index contributed by atoms with van der Waals surface area (Å²) in [4.78, 5) is 26.9. The highest BCUT2D eigenvalue weighted by Crippen LogP contribution is 2.25. The van der Waals surface area contributed by atoms with Crippen LogP contribution in [0.25, 0.3) is 0 Å². The Morgan fingerprint density at radius 1 is 1.17 bits per heavy atom. The van der Waals surface area contributed by atoms with E-state index in [-0.39, 0.29) is 11.7 Å². The molecule has 0 bridgehead atoms. The second kappa shape index (κ2) is 6.78. The van der Waals surface area contributed by atoms with E-state index in [1.165, 1.54) is 0 Å². The SMILES string of the molecule is CC(C)(C)OC(=O)N1CCN(c2ccc(C(=O)O)c(Br)c2)CC1.